The van der Waals surface area contributed by atoms with Crippen LogP contribution < -0.4 is 10.6 Å². The number of carbonyl (C=O) groups excluding carboxylic acids is 1. The van der Waals surface area contributed by atoms with E-state index in [2.05, 4.69) is 24.8 Å². The first-order valence-corrected chi connectivity index (χ1v) is 6.62. The Bertz CT molecular complexity index is 625. The van der Waals surface area contributed by atoms with Gasteiger partial charge in [0.15, 0.2) is 11.5 Å². The van der Waals surface area contributed by atoms with Gasteiger partial charge in [-0.25, -0.2) is 15.0 Å². The summed E-state index contributed by atoms with van der Waals surface area (Å²) in [6.45, 7) is 2.58. The second-order valence-corrected chi connectivity index (χ2v) is 4.63. The first-order valence-electron chi connectivity index (χ1n) is 6.62. The van der Waals surface area contributed by atoms with Gasteiger partial charge in [0.05, 0.1) is 6.20 Å². The van der Waals surface area contributed by atoms with Crippen molar-refractivity contribution in [3.05, 3.63) is 36.7 Å². The number of nitrogen functional groups attached to an aromatic ring is 1. The lowest BCUT2D eigenvalue weighted by Gasteiger charge is -2.35. The van der Waals surface area contributed by atoms with Crippen LogP contribution in [0.15, 0.2) is 31.0 Å². The third kappa shape index (κ3) is 2.73. The van der Waals surface area contributed by atoms with E-state index in [-0.39, 0.29) is 17.4 Å². The van der Waals surface area contributed by atoms with Crippen LogP contribution in [0.5, 0.6) is 0 Å². The average molecular weight is 285 g/mol. The third-order valence-electron chi connectivity index (χ3n) is 3.37. The van der Waals surface area contributed by atoms with Gasteiger partial charge in [0, 0.05) is 51.0 Å². The Hall–Kier alpha value is -2.77. The Kier molecular flexibility index (Phi) is 3.59. The molecule has 1 saturated heterocycles. The highest BCUT2D eigenvalue weighted by Crippen LogP contribution is 2.14. The maximum atomic E-state index is 12.4. The number of rotatable bonds is 2. The van der Waals surface area contributed by atoms with Gasteiger partial charge in [-0.1, -0.05) is 0 Å². The summed E-state index contributed by atoms with van der Waals surface area (Å²) >= 11 is 0. The molecule has 8 heteroatoms. The molecule has 1 amide bonds. The fourth-order valence-corrected chi connectivity index (χ4v) is 2.26. The SMILES string of the molecule is Nc1nccnc1C(=O)N1CCN(c2cnccn2)CC1. The smallest absolute Gasteiger partial charge is 0.276 e. The third-order valence-corrected chi connectivity index (χ3v) is 3.37. The second-order valence-electron chi connectivity index (χ2n) is 4.63. The maximum Gasteiger partial charge on any atom is 0.276 e. The van der Waals surface area contributed by atoms with Crippen molar-refractivity contribution in [3.63, 3.8) is 0 Å². The molecule has 2 aromatic heterocycles. The number of hydrogen-bond acceptors (Lipinski definition) is 7. The fraction of sp³-hybridized carbons (Fsp3) is 0.308. The molecular formula is C13H15N7O. The molecule has 3 heterocycles. The van der Waals surface area contributed by atoms with E-state index in [4.69, 9.17) is 5.73 Å². The number of aromatic nitrogens is 4. The molecule has 0 atom stereocenters. The molecule has 0 bridgehead atoms. The fourth-order valence-electron chi connectivity index (χ4n) is 2.26. The standard InChI is InChI=1S/C13H15N7O/c14-12-11(17-3-4-18-12)13(21)20-7-5-19(6-8-20)10-9-15-1-2-16-10/h1-4,9H,5-8H2,(H2,14,18). The molecular weight excluding hydrogens is 270 g/mol. The largest absolute Gasteiger partial charge is 0.382 e. The molecule has 21 heavy (non-hydrogen) atoms. The van der Waals surface area contributed by atoms with Crippen LogP contribution in [0.2, 0.25) is 0 Å². The van der Waals surface area contributed by atoms with E-state index in [1.165, 1.54) is 12.4 Å². The summed E-state index contributed by atoms with van der Waals surface area (Å²) in [4.78, 5) is 32.4. The highest BCUT2D eigenvalue weighted by atomic mass is 16.2. The summed E-state index contributed by atoms with van der Waals surface area (Å²) in [6.07, 6.45) is 7.96. The van der Waals surface area contributed by atoms with Crippen molar-refractivity contribution < 1.29 is 4.79 Å². The highest BCUT2D eigenvalue weighted by molar-refractivity contribution is 5.96. The van der Waals surface area contributed by atoms with Gasteiger partial charge in [-0.2, -0.15) is 0 Å². The Balaban J connectivity index is 1.66. The molecule has 1 aliphatic heterocycles. The Labute approximate surface area is 121 Å². The normalized spacial score (nSPS) is 15.0. The summed E-state index contributed by atoms with van der Waals surface area (Å²) in [5, 5.41) is 0. The minimum Gasteiger partial charge on any atom is -0.382 e. The van der Waals surface area contributed by atoms with E-state index in [0.29, 0.717) is 26.2 Å². The minimum absolute atomic E-state index is 0.166. The zero-order chi connectivity index (χ0) is 14.7. The van der Waals surface area contributed by atoms with Crippen LogP contribution in [0.1, 0.15) is 10.5 Å². The first-order chi connectivity index (χ1) is 10.3. The van der Waals surface area contributed by atoms with Crippen molar-refractivity contribution in [3.8, 4) is 0 Å². The molecule has 0 spiro atoms. The molecule has 8 nitrogen and oxygen atoms in total. The molecule has 0 aromatic carbocycles. The van der Waals surface area contributed by atoms with Gasteiger partial charge in [0.1, 0.15) is 5.82 Å². The van der Waals surface area contributed by atoms with Crippen LogP contribution in [0.3, 0.4) is 0 Å². The molecule has 0 saturated carbocycles. The van der Waals surface area contributed by atoms with E-state index < -0.39 is 0 Å². The Morgan fingerprint density at radius 2 is 1.71 bits per heavy atom. The van der Waals surface area contributed by atoms with Crippen LogP contribution in [-0.2, 0) is 0 Å². The van der Waals surface area contributed by atoms with Gasteiger partial charge in [-0.15, -0.1) is 0 Å². The van der Waals surface area contributed by atoms with Crippen LogP contribution in [0.25, 0.3) is 0 Å². The molecule has 2 N–H and O–H groups in total. The molecule has 0 unspecified atom stereocenters. The van der Waals surface area contributed by atoms with Gasteiger partial charge < -0.3 is 15.5 Å². The van der Waals surface area contributed by atoms with Crippen molar-refractivity contribution in [2.45, 2.75) is 0 Å². The summed E-state index contributed by atoms with van der Waals surface area (Å²) in [6, 6.07) is 0. The minimum atomic E-state index is -0.181. The van der Waals surface area contributed by atoms with E-state index in [1.54, 1.807) is 23.5 Å². The molecule has 3 rings (SSSR count). The number of piperazine rings is 1. The molecule has 1 fully saturated rings. The quantitative estimate of drug-likeness (QED) is 0.816. The predicted molar refractivity (Wildman–Crippen MR) is 76.6 cm³/mol. The van der Waals surface area contributed by atoms with E-state index >= 15 is 0 Å². The summed E-state index contributed by atoms with van der Waals surface area (Å²) < 4.78 is 0. The molecule has 108 valence electrons. The van der Waals surface area contributed by atoms with Gasteiger partial charge in [-0.05, 0) is 0 Å². The lowest BCUT2D eigenvalue weighted by molar-refractivity contribution is 0.0741. The topological polar surface area (TPSA) is 101 Å². The average Bonchev–Trinajstić information content (AvgIpc) is 2.56. The highest BCUT2D eigenvalue weighted by Gasteiger charge is 2.25. The molecule has 0 radical (unpaired) electrons. The number of hydrogen-bond donors (Lipinski definition) is 1. The van der Waals surface area contributed by atoms with Gasteiger partial charge in [-0.3, -0.25) is 9.78 Å². The maximum absolute atomic E-state index is 12.4. The van der Waals surface area contributed by atoms with Crippen molar-refractivity contribution in [1.82, 2.24) is 24.8 Å². The first kappa shape index (κ1) is 13.2. The monoisotopic (exact) mass is 285 g/mol. The summed E-state index contributed by atoms with van der Waals surface area (Å²) in [7, 11) is 0. The van der Waals surface area contributed by atoms with Gasteiger partial charge in [0.2, 0.25) is 0 Å². The lowest BCUT2D eigenvalue weighted by atomic mass is 10.2. The van der Waals surface area contributed by atoms with Crippen LogP contribution in [0, 0.1) is 0 Å². The van der Waals surface area contributed by atoms with Crippen LogP contribution in [-0.4, -0.2) is 56.9 Å². The number of anilines is 2. The molecule has 1 aliphatic rings. The summed E-state index contributed by atoms with van der Waals surface area (Å²) in [5.41, 5.74) is 5.91. The zero-order valence-corrected chi connectivity index (χ0v) is 11.4. The predicted octanol–water partition coefficient (Wildman–Crippen LogP) is -0.189. The number of nitrogens with zero attached hydrogens (tertiary/aromatic N) is 6. The van der Waals surface area contributed by atoms with Crippen molar-refractivity contribution >= 4 is 17.5 Å². The number of nitrogens with two attached hydrogens (primary N) is 1. The molecule has 2 aromatic rings. The van der Waals surface area contributed by atoms with Crippen LogP contribution in [0.4, 0.5) is 11.6 Å². The van der Waals surface area contributed by atoms with Crippen molar-refractivity contribution in [2.75, 3.05) is 36.8 Å². The molecule has 0 aliphatic carbocycles. The summed E-state index contributed by atoms with van der Waals surface area (Å²) in [5.74, 6) is 0.807. The van der Waals surface area contributed by atoms with E-state index in [1.807, 2.05) is 0 Å². The van der Waals surface area contributed by atoms with Crippen LogP contribution >= 0.6 is 0 Å². The Morgan fingerprint density at radius 1 is 1.00 bits per heavy atom. The zero-order valence-electron chi connectivity index (χ0n) is 11.4. The lowest BCUT2D eigenvalue weighted by Crippen LogP contribution is -2.49. The van der Waals surface area contributed by atoms with Crippen molar-refractivity contribution in [2.24, 2.45) is 0 Å². The van der Waals surface area contributed by atoms with E-state index in [0.717, 1.165) is 5.82 Å². The van der Waals surface area contributed by atoms with Crippen molar-refractivity contribution in [1.29, 1.82) is 0 Å². The number of amides is 1. The Morgan fingerprint density at radius 3 is 2.38 bits per heavy atom. The van der Waals surface area contributed by atoms with Gasteiger partial charge in [0.25, 0.3) is 5.91 Å². The van der Waals surface area contributed by atoms with E-state index in [9.17, 15) is 4.79 Å². The second kappa shape index (κ2) is 5.70. The van der Waals surface area contributed by atoms with Gasteiger partial charge >= 0.3 is 0 Å². The number of carbonyl (C=O) groups is 1.